The first-order chi connectivity index (χ1) is 12.9. The van der Waals surface area contributed by atoms with Crippen molar-refractivity contribution in [3.05, 3.63) is 65.3 Å². The largest absolute Gasteiger partial charge is 0.482 e. The van der Waals surface area contributed by atoms with Crippen LogP contribution in [0.5, 0.6) is 5.75 Å². The van der Waals surface area contributed by atoms with Crippen LogP contribution in [-0.4, -0.2) is 22.8 Å². The lowest BCUT2D eigenvalue weighted by molar-refractivity contribution is -0.152. The SMILES string of the molecule is Cc1ccc(OCC(=O)O[C@H](C)c2nnc(-c3ccc(F)cc3)o2)c(C)c1. The van der Waals surface area contributed by atoms with Crippen molar-refractivity contribution in [2.75, 3.05) is 6.61 Å². The van der Waals surface area contributed by atoms with Crippen LogP contribution in [0.1, 0.15) is 30.0 Å². The number of esters is 1. The summed E-state index contributed by atoms with van der Waals surface area (Å²) < 4.78 is 29.3. The molecule has 1 atom stereocenters. The smallest absolute Gasteiger partial charge is 0.344 e. The number of ether oxygens (including phenoxy) is 2. The van der Waals surface area contributed by atoms with Crippen molar-refractivity contribution in [3.63, 3.8) is 0 Å². The third kappa shape index (κ3) is 4.69. The Bertz CT molecular complexity index is 937. The number of benzene rings is 2. The van der Waals surface area contributed by atoms with E-state index in [0.717, 1.165) is 11.1 Å². The van der Waals surface area contributed by atoms with Crippen LogP contribution in [0.4, 0.5) is 4.39 Å². The van der Waals surface area contributed by atoms with E-state index >= 15 is 0 Å². The Kier molecular flexibility index (Phi) is 5.49. The van der Waals surface area contributed by atoms with Crippen LogP contribution < -0.4 is 4.74 Å². The van der Waals surface area contributed by atoms with Gasteiger partial charge in [0.15, 0.2) is 12.7 Å². The molecule has 0 bridgehead atoms. The van der Waals surface area contributed by atoms with Crippen LogP contribution in [0, 0.1) is 19.7 Å². The summed E-state index contributed by atoms with van der Waals surface area (Å²) in [7, 11) is 0. The molecule has 0 unspecified atom stereocenters. The summed E-state index contributed by atoms with van der Waals surface area (Å²) in [5, 5.41) is 7.78. The van der Waals surface area contributed by atoms with Gasteiger partial charge in [0.05, 0.1) is 0 Å². The van der Waals surface area contributed by atoms with E-state index in [1.807, 2.05) is 32.0 Å². The van der Waals surface area contributed by atoms with Crippen LogP contribution in [-0.2, 0) is 9.53 Å². The maximum Gasteiger partial charge on any atom is 0.344 e. The van der Waals surface area contributed by atoms with Gasteiger partial charge in [0.1, 0.15) is 11.6 Å². The molecule has 3 rings (SSSR count). The molecular formula is C20H19FN2O4. The summed E-state index contributed by atoms with van der Waals surface area (Å²) in [5.74, 6) is 0.0869. The molecule has 0 aliphatic heterocycles. The van der Waals surface area contributed by atoms with Crippen LogP contribution in [0.3, 0.4) is 0 Å². The molecule has 2 aromatic carbocycles. The third-order valence-corrected chi connectivity index (χ3v) is 3.86. The molecular weight excluding hydrogens is 351 g/mol. The molecule has 3 aromatic rings. The van der Waals surface area contributed by atoms with Gasteiger partial charge in [-0.3, -0.25) is 0 Å². The molecule has 0 spiro atoms. The standard InChI is InChI=1S/C20H19FN2O4/c1-12-4-9-17(13(2)10-12)25-11-18(24)26-14(3)19-22-23-20(27-19)15-5-7-16(21)8-6-15/h4-10,14H,11H2,1-3H3/t14-/m1/s1. The molecule has 0 aliphatic carbocycles. The van der Waals surface area contributed by atoms with E-state index in [0.29, 0.717) is 11.3 Å². The predicted molar refractivity (Wildman–Crippen MR) is 95.6 cm³/mol. The molecule has 6 nitrogen and oxygen atoms in total. The maximum absolute atomic E-state index is 13.0. The summed E-state index contributed by atoms with van der Waals surface area (Å²) in [6.45, 7) is 5.28. The minimum atomic E-state index is -0.734. The van der Waals surface area contributed by atoms with Gasteiger partial charge in [0, 0.05) is 5.56 Å². The summed E-state index contributed by atoms with van der Waals surface area (Å²) >= 11 is 0. The number of hydrogen-bond acceptors (Lipinski definition) is 6. The zero-order valence-electron chi connectivity index (χ0n) is 15.2. The molecule has 7 heteroatoms. The molecule has 140 valence electrons. The number of hydrogen-bond donors (Lipinski definition) is 0. The number of aromatic nitrogens is 2. The van der Waals surface area contributed by atoms with Crippen molar-refractivity contribution < 1.29 is 23.1 Å². The lowest BCUT2D eigenvalue weighted by Gasteiger charge is -2.12. The van der Waals surface area contributed by atoms with Gasteiger partial charge in [-0.15, -0.1) is 10.2 Å². The van der Waals surface area contributed by atoms with E-state index in [4.69, 9.17) is 13.9 Å². The van der Waals surface area contributed by atoms with Gasteiger partial charge in [0.2, 0.25) is 5.89 Å². The predicted octanol–water partition coefficient (Wildman–Crippen LogP) is 4.18. The molecule has 27 heavy (non-hydrogen) atoms. The van der Waals surface area contributed by atoms with Crippen molar-refractivity contribution in [2.24, 2.45) is 0 Å². The van der Waals surface area contributed by atoms with E-state index < -0.39 is 12.1 Å². The van der Waals surface area contributed by atoms with Crippen molar-refractivity contribution >= 4 is 5.97 Å². The Morgan fingerprint density at radius 1 is 1.15 bits per heavy atom. The fourth-order valence-corrected chi connectivity index (χ4v) is 2.49. The van der Waals surface area contributed by atoms with Gasteiger partial charge in [0.25, 0.3) is 5.89 Å². The Labute approximate surface area is 155 Å². The van der Waals surface area contributed by atoms with Crippen LogP contribution in [0.2, 0.25) is 0 Å². The van der Waals surface area contributed by atoms with Crippen molar-refractivity contribution in [3.8, 4) is 17.2 Å². The molecule has 1 heterocycles. The first kappa shape index (κ1) is 18.6. The fourth-order valence-electron chi connectivity index (χ4n) is 2.49. The zero-order chi connectivity index (χ0) is 19.4. The highest BCUT2D eigenvalue weighted by Crippen LogP contribution is 2.23. The number of carbonyl (C=O) groups is 1. The van der Waals surface area contributed by atoms with Crippen molar-refractivity contribution in [1.29, 1.82) is 0 Å². The first-order valence-electron chi connectivity index (χ1n) is 8.41. The first-order valence-corrected chi connectivity index (χ1v) is 8.41. The number of halogens is 1. The highest BCUT2D eigenvalue weighted by molar-refractivity contribution is 5.71. The van der Waals surface area contributed by atoms with Crippen molar-refractivity contribution in [2.45, 2.75) is 26.9 Å². The topological polar surface area (TPSA) is 74.5 Å². The molecule has 0 fully saturated rings. The summed E-state index contributed by atoms with van der Waals surface area (Å²) in [6.07, 6.45) is -0.734. The van der Waals surface area contributed by atoms with E-state index in [1.54, 1.807) is 6.92 Å². The van der Waals surface area contributed by atoms with Gasteiger partial charge < -0.3 is 13.9 Å². The van der Waals surface area contributed by atoms with Crippen LogP contribution in [0.15, 0.2) is 46.9 Å². The molecule has 0 amide bonds. The van der Waals surface area contributed by atoms with Gasteiger partial charge in [-0.05, 0) is 56.7 Å². The summed E-state index contributed by atoms with van der Waals surface area (Å²) in [4.78, 5) is 12.0. The van der Waals surface area contributed by atoms with Gasteiger partial charge in [-0.2, -0.15) is 0 Å². The minimum absolute atomic E-state index is 0.147. The third-order valence-electron chi connectivity index (χ3n) is 3.86. The van der Waals surface area contributed by atoms with Gasteiger partial charge >= 0.3 is 5.97 Å². The fraction of sp³-hybridized carbons (Fsp3) is 0.250. The molecule has 0 radical (unpaired) electrons. The monoisotopic (exact) mass is 370 g/mol. The molecule has 1 aromatic heterocycles. The Morgan fingerprint density at radius 3 is 2.59 bits per heavy atom. The summed E-state index contributed by atoms with van der Waals surface area (Å²) in [5.41, 5.74) is 2.63. The second-order valence-electron chi connectivity index (χ2n) is 6.14. The average molecular weight is 370 g/mol. The Balaban J connectivity index is 1.57. The quantitative estimate of drug-likeness (QED) is 0.606. The second kappa shape index (κ2) is 7.99. The summed E-state index contributed by atoms with van der Waals surface area (Å²) in [6, 6.07) is 11.3. The lowest BCUT2D eigenvalue weighted by Crippen LogP contribution is -2.17. The number of aryl methyl sites for hydroxylation is 2. The highest BCUT2D eigenvalue weighted by atomic mass is 19.1. The lowest BCUT2D eigenvalue weighted by atomic mass is 10.1. The normalized spacial score (nSPS) is 11.9. The Hall–Kier alpha value is -3.22. The van der Waals surface area contributed by atoms with Crippen LogP contribution >= 0.6 is 0 Å². The van der Waals surface area contributed by atoms with Crippen molar-refractivity contribution in [1.82, 2.24) is 10.2 Å². The van der Waals surface area contributed by atoms with E-state index in [2.05, 4.69) is 10.2 Å². The number of nitrogens with zero attached hydrogens (tertiary/aromatic N) is 2. The van der Waals surface area contributed by atoms with Crippen LogP contribution in [0.25, 0.3) is 11.5 Å². The minimum Gasteiger partial charge on any atom is -0.482 e. The van der Waals surface area contributed by atoms with E-state index in [1.165, 1.54) is 24.3 Å². The molecule has 0 N–H and O–H groups in total. The molecule has 0 saturated heterocycles. The van der Waals surface area contributed by atoms with Gasteiger partial charge in [-0.1, -0.05) is 17.7 Å². The zero-order valence-corrected chi connectivity index (χ0v) is 15.2. The number of carbonyl (C=O) groups excluding carboxylic acids is 1. The maximum atomic E-state index is 13.0. The molecule has 0 saturated carbocycles. The van der Waals surface area contributed by atoms with E-state index in [-0.39, 0.29) is 24.2 Å². The van der Waals surface area contributed by atoms with Gasteiger partial charge in [-0.25, -0.2) is 9.18 Å². The highest BCUT2D eigenvalue weighted by Gasteiger charge is 2.19. The Morgan fingerprint density at radius 2 is 1.89 bits per heavy atom. The second-order valence-corrected chi connectivity index (χ2v) is 6.14. The molecule has 0 aliphatic rings. The average Bonchev–Trinajstić information content (AvgIpc) is 3.12. The van der Waals surface area contributed by atoms with E-state index in [9.17, 15) is 9.18 Å². The number of rotatable bonds is 6.